The van der Waals surface area contributed by atoms with E-state index in [2.05, 4.69) is 4.98 Å². The maximum atomic E-state index is 6.03. The molecule has 0 atom stereocenters. The minimum Gasteiger partial charge on any atom is -0.494 e. The molecule has 0 amide bonds. The Bertz CT molecular complexity index is 512. The molecule has 0 unspecified atom stereocenters. The Kier molecular flexibility index (Phi) is 2.58. The highest BCUT2D eigenvalue weighted by molar-refractivity contribution is 7.22. The number of benzene rings is 1. The Hall–Kier alpha value is -1.20. The number of rotatable bonds is 2. The molecule has 80 valence electrons. The zero-order chi connectivity index (χ0) is 11.0. The van der Waals surface area contributed by atoms with Crippen molar-refractivity contribution in [2.24, 2.45) is 0 Å². The number of thiazole rings is 1. The van der Waals surface area contributed by atoms with E-state index in [1.807, 2.05) is 0 Å². The van der Waals surface area contributed by atoms with Crippen LogP contribution in [0.3, 0.4) is 0 Å². The van der Waals surface area contributed by atoms with Crippen LogP contribution in [0.15, 0.2) is 6.07 Å². The molecular formula is C9H9ClN2O2S. The number of aromatic nitrogens is 1. The van der Waals surface area contributed by atoms with Gasteiger partial charge in [-0.05, 0) is 0 Å². The predicted molar refractivity (Wildman–Crippen MR) is 62.1 cm³/mol. The van der Waals surface area contributed by atoms with Gasteiger partial charge in [-0.25, -0.2) is 4.98 Å². The number of nitrogen functional groups attached to an aromatic ring is 1. The molecule has 4 nitrogen and oxygen atoms in total. The number of anilines is 1. The minimum atomic E-state index is 0.462. The summed E-state index contributed by atoms with van der Waals surface area (Å²) < 4.78 is 11.2. The first kappa shape index (κ1) is 10.3. The molecule has 0 bridgehead atoms. The van der Waals surface area contributed by atoms with E-state index in [4.69, 9.17) is 26.8 Å². The molecule has 2 aromatic rings. The van der Waals surface area contributed by atoms with Crippen LogP contribution in [-0.4, -0.2) is 19.2 Å². The Morgan fingerprint density at radius 1 is 1.40 bits per heavy atom. The van der Waals surface area contributed by atoms with Crippen LogP contribution in [-0.2, 0) is 0 Å². The van der Waals surface area contributed by atoms with Gasteiger partial charge < -0.3 is 15.2 Å². The fraction of sp³-hybridized carbons (Fsp3) is 0.222. The molecule has 1 aromatic heterocycles. The molecule has 0 aliphatic carbocycles. The van der Waals surface area contributed by atoms with Crippen LogP contribution in [0, 0.1) is 0 Å². The van der Waals surface area contributed by atoms with Crippen molar-refractivity contribution < 1.29 is 9.47 Å². The van der Waals surface area contributed by atoms with Crippen LogP contribution in [0.1, 0.15) is 0 Å². The van der Waals surface area contributed by atoms with E-state index in [9.17, 15) is 0 Å². The first-order valence-electron chi connectivity index (χ1n) is 4.14. The summed E-state index contributed by atoms with van der Waals surface area (Å²) in [5.74, 6) is 1.19. The summed E-state index contributed by atoms with van der Waals surface area (Å²) in [6.07, 6.45) is 0. The van der Waals surface area contributed by atoms with Crippen molar-refractivity contribution >= 4 is 38.3 Å². The monoisotopic (exact) mass is 244 g/mol. The van der Waals surface area contributed by atoms with Gasteiger partial charge in [0.05, 0.1) is 19.2 Å². The van der Waals surface area contributed by atoms with Crippen LogP contribution < -0.4 is 15.2 Å². The number of hydrogen-bond donors (Lipinski definition) is 1. The lowest BCUT2D eigenvalue weighted by Gasteiger charge is -2.06. The van der Waals surface area contributed by atoms with Gasteiger partial charge in [0.1, 0.15) is 16.0 Å². The van der Waals surface area contributed by atoms with Gasteiger partial charge in [0, 0.05) is 6.07 Å². The van der Waals surface area contributed by atoms with Crippen LogP contribution in [0.2, 0.25) is 5.02 Å². The van der Waals surface area contributed by atoms with Crippen molar-refractivity contribution in [3.8, 4) is 11.5 Å². The van der Waals surface area contributed by atoms with E-state index < -0.39 is 0 Å². The average molecular weight is 245 g/mol. The molecule has 6 heteroatoms. The molecule has 0 saturated carbocycles. The highest BCUT2D eigenvalue weighted by Crippen LogP contribution is 2.42. The number of halogens is 1. The third-order valence-electron chi connectivity index (χ3n) is 1.98. The first-order chi connectivity index (χ1) is 7.17. The smallest absolute Gasteiger partial charge is 0.181 e. The normalized spacial score (nSPS) is 10.6. The SMILES string of the molecule is COc1cc(Cl)c(OC)c2sc(N)nc12. The largest absolute Gasteiger partial charge is 0.494 e. The molecule has 0 aliphatic rings. The molecule has 1 heterocycles. The Morgan fingerprint density at radius 2 is 2.13 bits per heavy atom. The summed E-state index contributed by atoms with van der Waals surface area (Å²) >= 11 is 7.35. The van der Waals surface area contributed by atoms with Crippen LogP contribution in [0.4, 0.5) is 5.13 Å². The molecule has 2 N–H and O–H groups in total. The maximum absolute atomic E-state index is 6.03. The molecule has 2 rings (SSSR count). The van der Waals surface area contributed by atoms with E-state index in [-0.39, 0.29) is 0 Å². The number of nitrogens with zero attached hydrogens (tertiary/aromatic N) is 1. The van der Waals surface area contributed by atoms with Crippen molar-refractivity contribution in [2.45, 2.75) is 0 Å². The lowest BCUT2D eigenvalue weighted by atomic mass is 10.3. The third kappa shape index (κ3) is 1.57. The van der Waals surface area contributed by atoms with Gasteiger partial charge in [0.25, 0.3) is 0 Å². The summed E-state index contributed by atoms with van der Waals surface area (Å²) in [5.41, 5.74) is 6.32. The number of fused-ring (bicyclic) bond motifs is 1. The van der Waals surface area contributed by atoms with E-state index >= 15 is 0 Å². The van der Waals surface area contributed by atoms with Crippen molar-refractivity contribution in [1.29, 1.82) is 0 Å². The minimum absolute atomic E-state index is 0.462. The average Bonchev–Trinajstić information content (AvgIpc) is 2.58. The molecular weight excluding hydrogens is 236 g/mol. The number of hydrogen-bond acceptors (Lipinski definition) is 5. The van der Waals surface area contributed by atoms with Crippen LogP contribution >= 0.6 is 22.9 Å². The van der Waals surface area contributed by atoms with Gasteiger partial charge in [-0.15, -0.1) is 0 Å². The second-order valence-electron chi connectivity index (χ2n) is 2.82. The molecule has 15 heavy (non-hydrogen) atoms. The highest BCUT2D eigenvalue weighted by atomic mass is 35.5. The summed E-state index contributed by atoms with van der Waals surface area (Å²) in [6.45, 7) is 0. The molecule has 0 saturated heterocycles. The summed E-state index contributed by atoms with van der Waals surface area (Å²) in [7, 11) is 3.12. The van der Waals surface area contributed by atoms with Gasteiger partial charge in [0.2, 0.25) is 0 Å². The standard InChI is InChI=1S/C9H9ClN2O2S/c1-13-5-3-4(10)7(14-2)8-6(5)12-9(11)15-8/h3H,1-2H3,(H2,11,12). The van der Waals surface area contributed by atoms with Gasteiger partial charge in [0.15, 0.2) is 10.9 Å². The number of nitrogens with two attached hydrogens (primary N) is 1. The number of methoxy groups -OCH3 is 2. The lowest BCUT2D eigenvalue weighted by Crippen LogP contribution is -1.89. The van der Waals surface area contributed by atoms with E-state index in [1.165, 1.54) is 11.3 Å². The third-order valence-corrected chi connectivity index (χ3v) is 3.15. The number of ether oxygens (including phenoxy) is 2. The Balaban J connectivity index is 2.85. The predicted octanol–water partition coefficient (Wildman–Crippen LogP) is 2.55. The summed E-state index contributed by atoms with van der Waals surface area (Å²) in [6, 6.07) is 1.67. The van der Waals surface area contributed by atoms with Crippen molar-refractivity contribution in [3.63, 3.8) is 0 Å². The van der Waals surface area contributed by atoms with Gasteiger partial charge in [-0.2, -0.15) is 0 Å². The summed E-state index contributed by atoms with van der Waals surface area (Å²) in [4.78, 5) is 4.17. The Morgan fingerprint density at radius 3 is 2.73 bits per heavy atom. The van der Waals surface area contributed by atoms with Crippen molar-refractivity contribution in [3.05, 3.63) is 11.1 Å². The zero-order valence-electron chi connectivity index (χ0n) is 8.20. The molecule has 0 radical (unpaired) electrons. The van der Waals surface area contributed by atoms with Crippen LogP contribution in [0.5, 0.6) is 11.5 Å². The fourth-order valence-electron chi connectivity index (χ4n) is 1.36. The van der Waals surface area contributed by atoms with Crippen molar-refractivity contribution in [1.82, 2.24) is 4.98 Å². The van der Waals surface area contributed by atoms with Gasteiger partial charge in [-0.1, -0.05) is 22.9 Å². The zero-order valence-corrected chi connectivity index (χ0v) is 9.78. The lowest BCUT2D eigenvalue weighted by molar-refractivity contribution is 0.410. The van der Waals surface area contributed by atoms with Gasteiger partial charge >= 0.3 is 0 Å². The fourth-order valence-corrected chi connectivity index (χ4v) is 2.56. The van der Waals surface area contributed by atoms with E-state index in [1.54, 1.807) is 20.3 Å². The van der Waals surface area contributed by atoms with Gasteiger partial charge in [-0.3, -0.25) is 0 Å². The highest BCUT2D eigenvalue weighted by Gasteiger charge is 2.16. The molecule has 1 aromatic carbocycles. The first-order valence-corrected chi connectivity index (χ1v) is 5.33. The second kappa shape index (κ2) is 3.75. The summed E-state index contributed by atoms with van der Waals surface area (Å²) in [5, 5.41) is 0.953. The Labute approximate surface area is 95.6 Å². The van der Waals surface area contributed by atoms with E-state index in [0.717, 1.165) is 4.70 Å². The van der Waals surface area contributed by atoms with Crippen molar-refractivity contribution in [2.75, 3.05) is 20.0 Å². The quantitative estimate of drug-likeness (QED) is 0.882. The molecule has 0 aliphatic heterocycles. The topological polar surface area (TPSA) is 57.4 Å². The van der Waals surface area contributed by atoms with Crippen LogP contribution in [0.25, 0.3) is 10.2 Å². The second-order valence-corrected chi connectivity index (χ2v) is 4.26. The molecule has 0 fully saturated rings. The molecule has 0 spiro atoms. The maximum Gasteiger partial charge on any atom is 0.181 e. The van der Waals surface area contributed by atoms with E-state index in [0.29, 0.717) is 27.2 Å².